The Hall–Kier alpha value is -1.23. The van der Waals surface area contributed by atoms with Crippen molar-refractivity contribution in [2.24, 2.45) is 28.7 Å². The first-order valence-corrected chi connectivity index (χ1v) is 15.1. The first-order valence-electron chi connectivity index (χ1n) is 15.1. The van der Waals surface area contributed by atoms with Gasteiger partial charge in [-0.3, -0.25) is 4.79 Å². The average molecular weight is 643 g/mol. The Morgan fingerprint density at radius 2 is 1.66 bits per heavy atom. The number of amides is 1. The number of alkyl halides is 2. The lowest BCUT2D eigenvalue weighted by atomic mass is 9.86. The molecule has 1 saturated carbocycles. The predicted molar refractivity (Wildman–Crippen MR) is 147 cm³/mol. The van der Waals surface area contributed by atoms with Crippen molar-refractivity contribution in [3.05, 3.63) is 0 Å². The van der Waals surface area contributed by atoms with Gasteiger partial charge in [-0.25, -0.2) is 8.78 Å². The van der Waals surface area contributed by atoms with Crippen LogP contribution in [0.3, 0.4) is 0 Å². The molecular formula is C26H48F2N6O10. The third-order valence-corrected chi connectivity index (χ3v) is 8.57. The molecule has 1 aliphatic carbocycles. The van der Waals surface area contributed by atoms with E-state index in [1.807, 2.05) is 0 Å². The number of nitrogens with two attached hydrogens (primary N) is 5. The Morgan fingerprint density at radius 3 is 2.32 bits per heavy atom. The number of hydrogen-bond donors (Lipinski definition) is 9. The molecule has 0 aromatic rings. The summed E-state index contributed by atoms with van der Waals surface area (Å²) in [5.74, 6) is -5.19. The third-order valence-electron chi connectivity index (χ3n) is 8.57. The molecule has 1 amide bonds. The van der Waals surface area contributed by atoms with Crippen LogP contribution < -0.4 is 34.0 Å². The normalized spacial score (nSPS) is 42.6. The van der Waals surface area contributed by atoms with E-state index in [1.165, 1.54) is 0 Å². The smallest absolute Gasteiger partial charge is 0.294 e. The fraction of sp³-hybridized carbons (Fsp3) is 0.962. The Bertz CT molecular complexity index is 933. The number of nitrogens with one attached hydrogen (secondary N) is 1. The van der Waals surface area contributed by atoms with Gasteiger partial charge >= 0.3 is 0 Å². The van der Waals surface area contributed by atoms with Crippen molar-refractivity contribution >= 4 is 5.91 Å². The minimum atomic E-state index is -3.85. The van der Waals surface area contributed by atoms with Crippen molar-refractivity contribution in [2.75, 3.05) is 26.3 Å². The van der Waals surface area contributed by atoms with Crippen LogP contribution in [0.15, 0.2) is 0 Å². The van der Waals surface area contributed by atoms with Crippen LogP contribution in [-0.4, -0.2) is 139 Å². The molecule has 3 saturated heterocycles. The molecule has 14 N–H and O–H groups in total. The van der Waals surface area contributed by atoms with E-state index in [0.29, 0.717) is 25.9 Å². The van der Waals surface area contributed by atoms with Gasteiger partial charge in [-0.05, 0) is 38.5 Å². The molecule has 0 unspecified atom stereocenters. The van der Waals surface area contributed by atoms with E-state index in [1.54, 1.807) is 0 Å². The van der Waals surface area contributed by atoms with Crippen molar-refractivity contribution < 1.29 is 57.3 Å². The molecule has 4 aliphatic rings. The number of aliphatic hydroxyl groups is 3. The molecule has 16 nitrogen and oxygen atoms in total. The number of carbonyl (C=O) groups is 1. The van der Waals surface area contributed by atoms with Crippen molar-refractivity contribution in [1.29, 1.82) is 0 Å². The van der Waals surface area contributed by atoms with Crippen LogP contribution in [0.25, 0.3) is 0 Å². The van der Waals surface area contributed by atoms with Gasteiger partial charge in [-0.2, -0.15) is 0 Å². The highest BCUT2D eigenvalue weighted by atomic mass is 19.3. The molecule has 256 valence electrons. The standard InChI is InChI=1S/C26H48F2N6O10/c27-26(28,10-30)21(37)22(38)34-11-6-15(33)19(43-24-14(32)4-3-12(8-29)40-24)16(7-11)41-25-18(36)20(17(9-35)42-25)44-23-13(31)2-1-5-39-23/h11-21,23-25,35-37H,1-10,29-33H2,(H,34,38)/t11-,12+,13-,14-,15+,16-,17-,18-,19-,20-,21-,23-,24-,25-/m1/s1. The van der Waals surface area contributed by atoms with E-state index in [2.05, 4.69) is 5.32 Å². The summed E-state index contributed by atoms with van der Waals surface area (Å²) in [5.41, 5.74) is 29.6. The van der Waals surface area contributed by atoms with Gasteiger partial charge in [-0.1, -0.05) is 0 Å². The fourth-order valence-corrected chi connectivity index (χ4v) is 5.98. The van der Waals surface area contributed by atoms with Gasteiger partial charge in [0.05, 0.1) is 37.4 Å². The van der Waals surface area contributed by atoms with Crippen LogP contribution in [0, 0.1) is 0 Å². The second kappa shape index (κ2) is 15.6. The first-order chi connectivity index (χ1) is 20.9. The van der Waals surface area contributed by atoms with Gasteiger partial charge in [0.1, 0.15) is 24.4 Å². The van der Waals surface area contributed by atoms with Crippen LogP contribution in [0.5, 0.6) is 0 Å². The maximum atomic E-state index is 13.9. The highest BCUT2D eigenvalue weighted by molar-refractivity contribution is 5.82. The molecule has 0 aromatic heterocycles. The molecule has 44 heavy (non-hydrogen) atoms. The number of aliphatic hydroxyl groups excluding tert-OH is 3. The highest BCUT2D eigenvalue weighted by Gasteiger charge is 2.51. The molecule has 14 atom stereocenters. The number of rotatable bonds is 12. The molecule has 18 heteroatoms. The molecule has 3 aliphatic heterocycles. The Labute approximate surface area is 254 Å². The molecule has 4 rings (SSSR count). The van der Waals surface area contributed by atoms with Crippen LogP contribution in [-0.2, 0) is 33.2 Å². The molecule has 4 fully saturated rings. The Morgan fingerprint density at radius 1 is 0.955 bits per heavy atom. The van der Waals surface area contributed by atoms with Crippen LogP contribution in [0.4, 0.5) is 8.78 Å². The fourth-order valence-electron chi connectivity index (χ4n) is 5.98. The monoisotopic (exact) mass is 642 g/mol. The zero-order valence-electron chi connectivity index (χ0n) is 24.5. The number of hydrogen-bond acceptors (Lipinski definition) is 15. The summed E-state index contributed by atoms with van der Waals surface area (Å²) in [6.07, 6.45) is -8.92. The predicted octanol–water partition coefficient (Wildman–Crippen LogP) is -3.96. The van der Waals surface area contributed by atoms with Crippen molar-refractivity contribution in [3.8, 4) is 0 Å². The molecule has 0 bridgehead atoms. The largest absolute Gasteiger partial charge is 0.394 e. The second-order valence-corrected chi connectivity index (χ2v) is 11.9. The molecule has 0 spiro atoms. The Balaban J connectivity index is 1.50. The van der Waals surface area contributed by atoms with Gasteiger partial charge in [-0.15, -0.1) is 0 Å². The third kappa shape index (κ3) is 8.37. The van der Waals surface area contributed by atoms with E-state index >= 15 is 0 Å². The number of carbonyl (C=O) groups excluding carboxylic acids is 1. The Kier molecular flexibility index (Phi) is 12.6. The second-order valence-electron chi connectivity index (χ2n) is 11.9. The van der Waals surface area contributed by atoms with Crippen LogP contribution in [0.1, 0.15) is 38.5 Å². The first kappa shape index (κ1) is 35.6. The van der Waals surface area contributed by atoms with Gasteiger partial charge < -0.3 is 77.7 Å². The number of halogens is 2. The van der Waals surface area contributed by atoms with E-state index < -0.39 is 105 Å². The zero-order chi connectivity index (χ0) is 32.2. The topological polar surface area (TPSA) is 275 Å². The summed E-state index contributed by atoms with van der Waals surface area (Å²) in [7, 11) is 0. The van der Waals surface area contributed by atoms with Gasteiger partial charge in [0.2, 0.25) is 0 Å². The lowest BCUT2D eigenvalue weighted by Gasteiger charge is -2.44. The maximum Gasteiger partial charge on any atom is 0.294 e. The van der Waals surface area contributed by atoms with Crippen molar-refractivity contribution in [2.45, 2.75) is 130 Å². The van der Waals surface area contributed by atoms with E-state index in [9.17, 15) is 28.9 Å². The van der Waals surface area contributed by atoms with E-state index in [4.69, 9.17) is 57.1 Å². The maximum absolute atomic E-state index is 13.9. The molecule has 3 heterocycles. The zero-order valence-corrected chi connectivity index (χ0v) is 24.5. The summed E-state index contributed by atoms with van der Waals surface area (Å²) >= 11 is 0. The van der Waals surface area contributed by atoms with Crippen molar-refractivity contribution in [1.82, 2.24) is 5.32 Å². The van der Waals surface area contributed by atoms with Crippen LogP contribution in [0.2, 0.25) is 0 Å². The minimum absolute atomic E-state index is 0.0498. The summed E-state index contributed by atoms with van der Waals surface area (Å²) < 4.78 is 63.4. The SMILES string of the molecule is NC[C@@H]1CC[C@@H](N)[C@@H](O[C@@H]2[C@@H](N)C[C@@H](NC(=O)[C@@H](O)C(F)(F)CN)C[C@H]2O[C@@H]2O[C@H](CO)[C@@H](O[C@H]3OCCC[C@H]3N)[C@H]2O)O1. The summed E-state index contributed by atoms with van der Waals surface area (Å²) in [5, 5.41) is 33.4. The quantitative estimate of drug-likeness (QED) is 0.0982. The van der Waals surface area contributed by atoms with Crippen molar-refractivity contribution in [3.63, 3.8) is 0 Å². The summed E-state index contributed by atoms with van der Waals surface area (Å²) in [6, 6.07) is -2.67. The lowest BCUT2D eigenvalue weighted by Crippen LogP contribution is -2.61. The van der Waals surface area contributed by atoms with Gasteiger partial charge in [0.15, 0.2) is 25.0 Å². The van der Waals surface area contributed by atoms with Gasteiger partial charge in [0.25, 0.3) is 11.8 Å². The summed E-state index contributed by atoms with van der Waals surface area (Å²) in [4.78, 5) is 12.5. The average Bonchev–Trinajstić information content (AvgIpc) is 3.29. The summed E-state index contributed by atoms with van der Waals surface area (Å²) in [6.45, 7) is -1.10. The minimum Gasteiger partial charge on any atom is -0.394 e. The van der Waals surface area contributed by atoms with E-state index in [-0.39, 0.29) is 25.5 Å². The number of ether oxygens (including phenoxy) is 6. The van der Waals surface area contributed by atoms with E-state index in [0.717, 1.165) is 6.42 Å². The molecule has 0 aromatic carbocycles. The molecule has 0 radical (unpaired) electrons. The van der Waals surface area contributed by atoms with Crippen LogP contribution >= 0.6 is 0 Å². The van der Waals surface area contributed by atoms with Gasteiger partial charge in [0, 0.05) is 25.2 Å². The highest BCUT2D eigenvalue weighted by Crippen LogP contribution is 2.34. The lowest BCUT2D eigenvalue weighted by molar-refractivity contribution is -0.273. The molecular weight excluding hydrogens is 594 g/mol.